The monoisotopic (exact) mass is 363 g/mol. The summed E-state index contributed by atoms with van der Waals surface area (Å²) < 4.78 is 46.3. The number of rotatable bonds is 8. The summed E-state index contributed by atoms with van der Waals surface area (Å²) >= 11 is 0. The van der Waals surface area contributed by atoms with Gasteiger partial charge in [-0.3, -0.25) is 4.79 Å². The Bertz CT molecular complexity index is 629. The molecule has 0 aromatic heterocycles. The maximum atomic E-state index is 12.2. The average Bonchev–Trinajstić information content (AvgIpc) is 2.49. The van der Waals surface area contributed by atoms with Crippen molar-refractivity contribution in [1.29, 1.82) is 0 Å². The van der Waals surface area contributed by atoms with Gasteiger partial charge in [-0.25, -0.2) is 4.79 Å². The van der Waals surface area contributed by atoms with Crippen LogP contribution in [0.1, 0.15) is 25.8 Å². The van der Waals surface area contributed by atoms with E-state index in [0.717, 1.165) is 0 Å². The summed E-state index contributed by atoms with van der Waals surface area (Å²) in [6, 6.07) is 4.32. The van der Waals surface area contributed by atoms with Crippen molar-refractivity contribution in [1.82, 2.24) is 5.32 Å². The van der Waals surface area contributed by atoms with Crippen LogP contribution in [0.4, 0.5) is 13.2 Å². The number of amides is 1. The van der Waals surface area contributed by atoms with Gasteiger partial charge in [0.2, 0.25) is 5.91 Å². The molecule has 0 atom stereocenters. The SMILES string of the molecule is COc1cc(CCC(=O)NC(C)(C)C(=O)O)ccc1OCC(F)(F)F. The zero-order valence-electron chi connectivity index (χ0n) is 14.1. The number of benzene rings is 1. The summed E-state index contributed by atoms with van der Waals surface area (Å²) in [5.74, 6) is -1.55. The molecule has 0 bridgehead atoms. The lowest BCUT2D eigenvalue weighted by Crippen LogP contribution is -2.49. The van der Waals surface area contributed by atoms with E-state index in [1.165, 1.54) is 39.2 Å². The molecule has 2 N–H and O–H groups in total. The molecule has 1 aromatic rings. The van der Waals surface area contributed by atoms with E-state index in [4.69, 9.17) is 9.84 Å². The van der Waals surface area contributed by atoms with Crippen LogP contribution in [-0.4, -0.2) is 42.4 Å². The van der Waals surface area contributed by atoms with Crippen molar-refractivity contribution in [2.24, 2.45) is 0 Å². The molecule has 0 radical (unpaired) electrons. The van der Waals surface area contributed by atoms with Crippen LogP contribution in [0, 0.1) is 0 Å². The standard InChI is InChI=1S/C16H20F3NO5/c1-15(2,14(22)23)20-13(21)7-5-10-4-6-11(12(8-10)24-3)25-9-16(17,18)19/h4,6,8H,5,7,9H2,1-3H3,(H,20,21)(H,22,23). The first kappa shape index (κ1) is 20.6. The number of alkyl halides is 3. The molecule has 0 unspecified atom stereocenters. The van der Waals surface area contributed by atoms with Gasteiger partial charge in [-0.2, -0.15) is 13.2 Å². The Morgan fingerprint density at radius 3 is 2.36 bits per heavy atom. The normalized spacial score (nSPS) is 11.8. The number of aliphatic carboxylic acids is 1. The van der Waals surface area contributed by atoms with E-state index in [-0.39, 0.29) is 24.3 Å². The summed E-state index contributed by atoms with van der Waals surface area (Å²) in [4.78, 5) is 22.8. The molecule has 140 valence electrons. The summed E-state index contributed by atoms with van der Waals surface area (Å²) in [5, 5.41) is 11.3. The number of carbonyl (C=O) groups is 2. The van der Waals surface area contributed by atoms with Crippen molar-refractivity contribution >= 4 is 11.9 Å². The molecule has 0 aliphatic rings. The molecule has 0 spiro atoms. The van der Waals surface area contributed by atoms with Crippen molar-refractivity contribution in [2.45, 2.75) is 38.4 Å². The topological polar surface area (TPSA) is 84.9 Å². The molecule has 0 aliphatic heterocycles. The average molecular weight is 363 g/mol. The predicted octanol–water partition coefficient (Wildman–Crippen LogP) is 2.55. The van der Waals surface area contributed by atoms with Gasteiger partial charge < -0.3 is 19.9 Å². The van der Waals surface area contributed by atoms with Crippen molar-refractivity contribution < 1.29 is 37.3 Å². The third kappa shape index (κ3) is 6.90. The van der Waals surface area contributed by atoms with E-state index in [2.05, 4.69) is 10.1 Å². The number of halogens is 3. The lowest BCUT2D eigenvalue weighted by Gasteiger charge is -2.21. The minimum Gasteiger partial charge on any atom is -0.493 e. The van der Waals surface area contributed by atoms with Gasteiger partial charge in [-0.15, -0.1) is 0 Å². The summed E-state index contributed by atoms with van der Waals surface area (Å²) in [5.41, 5.74) is -0.746. The highest BCUT2D eigenvalue weighted by molar-refractivity contribution is 5.86. The molecule has 1 aromatic carbocycles. The largest absolute Gasteiger partial charge is 0.493 e. The second-order valence-electron chi connectivity index (χ2n) is 5.87. The first-order valence-corrected chi connectivity index (χ1v) is 7.35. The maximum absolute atomic E-state index is 12.2. The number of ether oxygens (including phenoxy) is 2. The first-order chi connectivity index (χ1) is 11.4. The zero-order chi connectivity index (χ0) is 19.3. The Labute approximate surface area is 142 Å². The summed E-state index contributed by atoms with van der Waals surface area (Å²) in [6.45, 7) is 1.29. The molecular weight excluding hydrogens is 343 g/mol. The fraction of sp³-hybridized carbons (Fsp3) is 0.500. The third-order valence-corrected chi connectivity index (χ3v) is 3.25. The molecule has 1 amide bonds. The zero-order valence-corrected chi connectivity index (χ0v) is 14.1. The van der Waals surface area contributed by atoms with Crippen LogP contribution in [0.3, 0.4) is 0 Å². The smallest absolute Gasteiger partial charge is 0.422 e. The fourth-order valence-corrected chi connectivity index (χ4v) is 1.87. The lowest BCUT2D eigenvalue weighted by atomic mass is 10.0. The van der Waals surface area contributed by atoms with Gasteiger partial charge in [0, 0.05) is 6.42 Å². The number of hydrogen-bond acceptors (Lipinski definition) is 4. The van der Waals surface area contributed by atoms with Gasteiger partial charge in [-0.1, -0.05) is 6.07 Å². The quantitative estimate of drug-likeness (QED) is 0.742. The van der Waals surface area contributed by atoms with E-state index in [0.29, 0.717) is 5.56 Å². The molecular formula is C16H20F3NO5. The minimum atomic E-state index is -4.46. The van der Waals surface area contributed by atoms with Crippen LogP contribution in [0.2, 0.25) is 0 Å². The second kappa shape index (κ2) is 8.09. The summed E-state index contributed by atoms with van der Waals surface area (Å²) in [6.07, 6.45) is -4.18. The predicted molar refractivity (Wildman–Crippen MR) is 82.7 cm³/mol. The molecule has 1 rings (SSSR count). The highest BCUT2D eigenvalue weighted by atomic mass is 19.4. The van der Waals surface area contributed by atoms with E-state index in [9.17, 15) is 22.8 Å². The number of carboxylic acids is 1. The lowest BCUT2D eigenvalue weighted by molar-refractivity contribution is -0.153. The molecule has 0 saturated carbocycles. The molecule has 0 fully saturated rings. The Kier molecular flexibility index (Phi) is 6.66. The van der Waals surface area contributed by atoms with Crippen LogP contribution >= 0.6 is 0 Å². The van der Waals surface area contributed by atoms with Crippen molar-refractivity contribution in [3.63, 3.8) is 0 Å². The Morgan fingerprint density at radius 2 is 1.84 bits per heavy atom. The Morgan fingerprint density at radius 1 is 1.20 bits per heavy atom. The number of carbonyl (C=O) groups excluding carboxylic acids is 1. The number of aryl methyl sites for hydroxylation is 1. The molecule has 0 saturated heterocycles. The first-order valence-electron chi connectivity index (χ1n) is 7.35. The van der Waals surface area contributed by atoms with E-state index >= 15 is 0 Å². The van der Waals surface area contributed by atoms with Gasteiger partial charge in [-0.05, 0) is 38.0 Å². The number of nitrogens with one attached hydrogen (secondary N) is 1. The van der Waals surface area contributed by atoms with Crippen LogP contribution in [0.15, 0.2) is 18.2 Å². The number of carboxylic acid groups (broad SMARTS) is 1. The second-order valence-corrected chi connectivity index (χ2v) is 5.87. The van der Waals surface area contributed by atoms with Crippen molar-refractivity contribution in [3.8, 4) is 11.5 Å². The van der Waals surface area contributed by atoms with Crippen LogP contribution in [-0.2, 0) is 16.0 Å². The number of methoxy groups -OCH3 is 1. The molecule has 6 nitrogen and oxygen atoms in total. The summed E-state index contributed by atoms with van der Waals surface area (Å²) in [7, 11) is 1.29. The highest BCUT2D eigenvalue weighted by Gasteiger charge is 2.29. The maximum Gasteiger partial charge on any atom is 0.422 e. The molecule has 0 aliphatic carbocycles. The molecule has 9 heteroatoms. The van der Waals surface area contributed by atoms with Gasteiger partial charge in [0.25, 0.3) is 0 Å². The van der Waals surface area contributed by atoms with E-state index < -0.39 is 30.2 Å². The van der Waals surface area contributed by atoms with E-state index in [1.54, 1.807) is 0 Å². The number of hydrogen-bond donors (Lipinski definition) is 2. The van der Waals surface area contributed by atoms with Gasteiger partial charge >= 0.3 is 12.1 Å². The van der Waals surface area contributed by atoms with Gasteiger partial charge in [0.05, 0.1) is 7.11 Å². The molecule has 25 heavy (non-hydrogen) atoms. The van der Waals surface area contributed by atoms with Crippen LogP contribution in [0.5, 0.6) is 11.5 Å². The highest BCUT2D eigenvalue weighted by Crippen LogP contribution is 2.30. The Hall–Kier alpha value is -2.45. The minimum absolute atomic E-state index is 0.0165. The molecule has 0 heterocycles. The van der Waals surface area contributed by atoms with Crippen molar-refractivity contribution in [2.75, 3.05) is 13.7 Å². The van der Waals surface area contributed by atoms with Crippen LogP contribution in [0.25, 0.3) is 0 Å². The van der Waals surface area contributed by atoms with Gasteiger partial charge in [0.1, 0.15) is 5.54 Å². The van der Waals surface area contributed by atoms with Crippen LogP contribution < -0.4 is 14.8 Å². The van der Waals surface area contributed by atoms with E-state index in [1.807, 2.05) is 0 Å². The van der Waals surface area contributed by atoms with Crippen molar-refractivity contribution in [3.05, 3.63) is 23.8 Å². The fourth-order valence-electron chi connectivity index (χ4n) is 1.87. The van der Waals surface area contributed by atoms with Gasteiger partial charge in [0.15, 0.2) is 18.1 Å². The Balaban J connectivity index is 2.68. The third-order valence-electron chi connectivity index (χ3n) is 3.25.